The monoisotopic (exact) mass is 550 g/mol. The van der Waals surface area contributed by atoms with Crippen LogP contribution in [0.4, 0.5) is 0 Å². The van der Waals surface area contributed by atoms with E-state index in [1.807, 2.05) is 31.2 Å². The van der Waals surface area contributed by atoms with Crippen LogP contribution >= 0.6 is 0 Å². The van der Waals surface area contributed by atoms with Crippen molar-refractivity contribution < 1.29 is 31.2 Å². The molecule has 0 atom stereocenters. The lowest BCUT2D eigenvalue weighted by atomic mass is 10.0. The van der Waals surface area contributed by atoms with Crippen LogP contribution in [-0.4, -0.2) is 41.5 Å². The van der Waals surface area contributed by atoms with Gasteiger partial charge in [-0.05, 0) is 66.8 Å². The number of ether oxygens (including phenoxy) is 1. The third kappa shape index (κ3) is 8.00. The number of aryl methyl sites for hydroxylation is 3. The normalized spacial score (nSPS) is 11.5. The standard InChI is InChI=1S/C29H26O7S2/c1-22-4-15-26(16-5-22)37(32,33)20-3-21-38(34,35)27-17-12-25(13-18-27)11-8-23-6-9-24(10-7-23)14-19-28(30)29(31)36-2/h4-7,9-10,12-19H,8,11,20H2,1-2H3/b19-14+. The molecule has 0 heterocycles. The average molecular weight is 551 g/mol. The lowest BCUT2D eigenvalue weighted by Crippen LogP contribution is -2.12. The smallest absolute Gasteiger partial charge is 0.378 e. The maximum Gasteiger partial charge on any atom is 0.378 e. The number of ketones is 1. The zero-order valence-corrected chi connectivity index (χ0v) is 22.5. The first-order valence-corrected chi connectivity index (χ1v) is 14.7. The Morgan fingerprint density at radius 1 is 0.789 bits per heavy atom. The van der Waals surface area contributed by atoms with E-state index in [0.717, 1.165) is 35.4 Å². The quantitative estimate of drug-likeness (QED) is 0.131. The first-order chi connectivity index (χ1) is 18.0. The first-order valence-electron chi connectivity index (χ1n) is 11.5. The van der Waals surface area contributed by atoms with E-state index in [2.05, 4.69) is 15.9 Å². The fraction of sp³-hybridized carbons (Fsp3) is 0.172. The molecule has 3 aromatic carbocycles. The molecule has 3 aromatic rings. The van der Waals surface area contributed by atoms with Gasteiger partial charge in [-0.15, -0.1) is 0 Å². The maximum atomic E-state index is 12.6. The molecule has 0 radical (unpaired) electrons. The van der Waals surface area contributed by atoms with Gasteiger partial charge in [-0.3, -0.25) is 4.79 Å². The summed E-state index contributed by atoms with van der Waals surface area (Å²) in [7, 11) is -6.53. The van der Waals surface area contributed by atoms with Gasteiger partial charge in [0.2, 0.25) is 9.84 Å². The van der Waals surface area contributed by atoms with Crippen molar-refractivity contribution in [2.75, 3.05) is 12.9 Å². The predicted molar refractivity (Wildman–Crippen MR) is 145 cm³/mol. The van der Waals surface area contributed by atoms with Crippen LogP contribution in [0.2, 0.25) is 0 Å². The van der Waals surface area contributed by atoms with E-state index < -0.39 is 37.2 Å². The number of esters is 1. The lowest BCUT2D eigenvalue weighted by molar-refractivity contribution is -0.149. The zero-order valence-electron chi connectivity index (χ0n) is 20.9. The molecule has 196 valence electrons. The SMILES string of the molecule is COC(=O)C(=O)/C=C/c1ccc(CCc2ccc(S(=O)(=O)C#CCS(=O)(=O)c3ccc(C)cc3)cc2)cc1. The second-order valence-electron chi connectivity index (χ2n) is 8.43. The van der Waals surface area contributed by atoms with Gasteiger partial charge in [0.15, 0.2) is 9.84 Å². The van der Waals surface area contributed by atoms with Gasteiger partial charge in [0, 0.05) is 5.25 Å². The highest BCUT2D eigenvalue weighted by Gasteiger charge is 2.14. The van der Waals surface area contributed by atoms with Crippen LogP contribution in [0.3, 0.4) is 0 Å². The Bertz CT molecular complexity index is 1600. The van der Waals surface area contributed by atoms with E-state index in [-0.39, 0.29) is 9.79 Å². The van der Waals surface area contributed by atoms with E-state index in [1.54, 1.807) is 24.3 Å². The molecular formula is C29H26O7S2. The molecule has 0 amide bonds. The van der Waals surface area contributed by atoms with Crippen LogP contribution in [0.25, 0.3) is 6.08 Å². The number of carbonyl (C=O) groups excluding carboxylic acids is 2. The van der Waals surface area contributed by atoms with E-state index in [9.17, 15) is 26.4 Å². The highest BCUT2D eigenvalue weighted by atomic mass is 32.2. The summed E-state index contributed by atoms with van der Waals surface area (Å²) in [5.74, 6) is 0.0436. The Balaban J connectivity index is 1.58. The van der Waals surface area contributed by atoms with Gasteiger partial charge in [-0.25, -0.2) is 21.6 Å². The van der Waals surface area contributed by atoms with Crippen molar-refractivity contribution in [3.05, 3.63) is 101 Å². The molecule has 0 aliphatic heterocycles. The fourth-order valence-corrected chi connectivity index (χ4v) is 5.31. The molecule has 0 aliphatic rings. The molecular weight excluding hydrogens is 524 g/mol. The molecule has 0 bridgehead atoms. The van der Waals surface area contributed by atoms with Crippen molar-refractivity contribution in [1.29, 1.82) is 0 Å². The van der Waals surface area contributed by atoms with Gasteiger partial charge >= 0.3 is 5.97 Å². The summed E-state index contributed by atoms with van der Waals surface area (Å²) in [6.07, 6.45) is 4.05. The molecule has 38 heavy (non-hydrogen) atoms. The Morgan fingerprint density at radius 3 is 1.87 bits per heavy atom. The highest BCUT2D eigenvalue weighted by Crippen LogP contribution is 2.16. The molecule has 0 N–H and O–H groups in total. The van der Waals surface area contributed by atoms with Gasteiger partial charge in [0.25, 0.3) is 5.78 Å². The zero-order chi connectivity index (χ0) is 27.8. The minimum atomic E-state index is -3.96. The summed E-state index contributed by atoms with van der Waals surface area (Å²) in [6, 6.07) is 20.1. The Hall–Kier alpha value is -4.00. The van der Waals surface area contributed by atoms with Gasteiger partial charge in [0.05, 0.1) is 16.9 Å². The van der Waals surface area contributed by atoms with Crippen LogP contribution in [-0.2, 0) is 46.8 Å². The van der Waals surface area contributed by atoms with E-state index in [0.29, 0.717) is 12.8 Å². The predicted octanol–water partition coefficient (Wildman–Crippen LogP) is 3.74. The fourth-order valence-electron chi connectivity index (χ4n) is 3.37. The number of hydrogen-bond acceptors (Lipinski definition) is 7. The van der Waals surface area contributed by atoms with Gasteiger partial charge in [0.1, 0.15) is 5.75 Å². The van der Waals surface area contributed by atoms with E-state index >= 15 is 0 Å². The number of benzene rings is 3. The van der Waals surface area contributed by atoms with Crippen molar-refractivity contribution in [2.45, 2.75) is 29.6 Å². The minimum Gasteiger partial charge on any atom is -0.463 e. The van der Waals surface area contributed by atoms with Crippen molar-refractivity contribution in [2.24, 2.45) is 0 Å². The number of methoxy groups -OCH3 is 1. The van der Waals surface area contributed by atoms with Crippen LogP contribution in [0, 0.1) is 18.1 Å². The Morgan fingerprint density at radius 2 is 1.32 bits per heavy atom. The summed E-state index contributed by atoms with van der Waals surface area (Å²) in [5, 5.41) is 2.11. The number of rotatable bonds is 9. The second kappa shape index (κ2) is 12.5. The summed E-state index contributed by atoms with van der Waals surface area (Å²) >= 11 is 0. The molecule has 9 heteroatoms. The van der Waals surface area contributed by atoms with Crippen LogP contribution in [0.1, 0.15) is 22.3 Å². The molecule has 0 aromatic heterocycles. The average Bonchev–Trinajstić information content (AvgIpc) is 2.91. The van der Waals surface area contributed by atoms with Gasteiger partial charge in [-0.1, -0.05) is 66.1 Å². The number of carbonyl (C=O) groups is 2. The Labute approximate surface area is 223 Å². The molecule has 0 saturated carbocycles. The maximum absolute atomic E-state index is 12.6. The Kier molecular flexibility index (Phi) is 9.40. The molecule has 0 saturated heterocycles. The molecule has 0 fully saturated rings. The third-order valence-corrected chi connectivity index (χ3v) is 8.40. The highest BCUT2D eigenvalue weighted by molar-refractivity contribution is 7.96. The second-order valence-corrected chi connectivity index (χ2v) is 12.1. The topological polar surface area (TPSA) is 112 Å². The van der Waals surface area contributed by atoms with Crippen molar-refractivity contribution >= 4 is 37.5 Å². The number of sulfone groups is 2. The van der Waals surface area contributed by atoms with Crippen LogP contribution in [0.5, 0.6) is 0 Å². The lowest BCUT2D eigenvalue weighted by Gasteiger charge is -2.04. The van der Waals surface area contributed by atoms with E-state index in [4.69, 9.17) is 0 Å². The van der Waals surface area contributed by atoms with Gasteiger partial charge in [-0.2, -0.15) is 0 Å². The first kappa shape index (κ1) is 28.6. The molecule has 0 spiro atoms. The van der Waals surface area contributed by atoms with Crippen LogP contribution < -0.4 is 0 Å². The summed E-state index contributed by atoms with van der Waals surface area (Å²) in [5.41, 5.74) is 3.64. The summed E-state index contributed by atoms with van der Waals surface area (Å²) in [6.45, 7) is 1.84. The van der Waals surface area contributed by atoms with Gasteiger partial charge < -0.3 is 4.74 Å². The minimum absolute atomic E-state index is 0.000809. The molecule has 3 rings (SSSR count). The van der Waals surface area contributed by atoms with Crippen molar-refractivity contribution in [3.8, 4) is 11.2 Å². The largest absolute Gasteiger partial charge is 0.463 e. The van der Waals surface area contributed by atoms with Crippen molar-refractivity contribution in [1.82, 2.24) is 0 Å². The molecule has 0 unspecified atom stereocenters. The number of hydrogen-bond donors (Lipinski definition) is 0. The van der Waals surface area contributed by atoms with Crippen molar-refractivity contribution in [3.63, 3.8) is 0 Å². The molecule has 0 aliphatic carbocycles. The molecule has 7 nitrogen and oxygen atoms in total. The van der Waals surface area contributed by atoms with E-state index in [1.165, 1.54) is 30.3 Å². The summed E-state index contributed by atoms with van der Waals surface area (Å²) < 4.78 is 54.2. The third-order valence-electron chi connectivity index (χ3n) is 5.58. The van der Waals surface area contributed by atoms with Crippen LogP contribution in [0.15, 0.2) is 88.7 Å². The summed E-state index contributed by atoms with van der Waals surface area (Å²) in [4.78, 5) is 22.7.